The minimum atomic E-state index is -0.465. The number of hydrogen-bond donors (Lipinski definition) is 0. The van der Waals surface area contributed by atoms with E-state index in [0.717, 1.165) is 17.8 Å². The molecule has 0 N–H and O–H groups in total. The number of anilines is 1. The number of hydrogen-bond acceptors (Lipinski definition) is 4. The van der Waals surface area contributed by atoms with Gasteiger partial charge in [-0.2, -0.15) is 0 Å². The summed E-state index contributed by atoms with van der Waals surface area (Å²) in [5.41, 5.74) is 1.53. The quantitative estimate of drug-likeness (QED) is 0.756. The highest BCUT2D eigenvalue weighted by Gasteiger charge is 2.26. The van der Waals surface area contributed by atoms with Crippen LogP contribution in [0, 0.1) is 5.92 Å². The summed E-state index contributed by atoms with van der Waals surface area (Å²) < 4.78 is 5.44. The van der Waals surface area contributed by atoms with E-state index in [-0.39, 0.29) is 17.8 Å². The number of carbonyl (C=O) groups is 2. The van der Waals surface area contributed by atoms with Gasteiger partial charge in [-0.3, -0.25) is 14.5 Å². The SMILES string of the molecule is CC(C)N1CCN(c2ccc(C[C@H](C)C(=O)OC(C)(C)C)cc2)C(=O)C1. The molecule has 1 aromatic rings. The van der Waals surface area contributed by atoms with Crippen molar-refractivity contribution in [1.29, 1.82) is 0 Å². The third-order valence-corrected chi connectivity index (χ3v) is 4.58. The summed E-state index contributed by atoms with van der Waals surface area (Å²) in [6.45, 7) is 13.8. The molecule has 0 spiro atoms. The van der Waals surface area contributed by atoms with Gasteiger partial charge in [-0.15, -0.1) is 0 Å². The molecule has 1 aromatic carbocycles. The molecule has 1 fully saturated rings. The lowest BCUT2D eigenvalue weighted by Crippen LogP contribution is -2.52. The number of benzene rings is 1. The first-order chi connectivity index (χ1) is 12.1. The molecule has 1 aliphatic rings. The molecule has 0 radical (unpaired) electrons. The van der Waals surface area contributed by atoms with Crippen LogP contribution in [0.1, 0.15) is 47.1 Å². The third-order valence-electron chi connectivity index (χ3n) is 4.58. The Balaban J connectivity index is 1.96. The number of piperazine rings is 1. The number of amides is 1. The molecule has 2 rings (SSSR count). The van der Waals surface area contributed by atoms with E-state index in [1.165, 1.54) is 0 Å². The van der Waals surface area contributed by atoms with Crippen LogP contribution >= 0.6 is 0 Å². The van der Waals surface area contributed by atoms with Crippen LogP contribution in [0.25, 0.3) is 0 Å². The lowest BCUT2D eigenvalue weighted by molar-refractivity contribution is -0.159. The maximum atomic E-state index is 12.4. The van der Waals surface area contributed by atoms with Gasteiger partial charge in [0.05, 0.1) is 12.5 Å². The predicted octanol–water partition coefficient (Wildman–Crippen LogP) is 3.26. The molecule has 1 aliphatic heterocycles. The van der Waals surface area contributed by atoms with E-state index in [2.05, 4.69) is 18.7 Å². The van der Waals surface area contributed by atoms with Crippen LogP contribution in [0.4, 0.5) is 5.69 Å². The van der Waals surface area contributed by atoms with Gasteiger partial charge in [-0.05, 0) is 58.7 Å². The maximum Gasteiger partial charge on any atom is 0.309 e. The fourth-order valence-corrected chi connectivity index (χ4v) is 3.06. The lowest BCUT2D eigenvalue weighted by atomic mass is 10.0. The second-order valence-electron chi connectivity index (χ2n) is 8.41. The number of nitrogens with zero attached hydrogens (tertiary/aromatic N) is 2. The number of carbonyl (C=O) groups excluding carboxylic acids is 2. The molecule has 5 heteroatoms. The second-order valence-corrected chi connectivity index (χ2v) is 8.41. The van der Waals surface area contributed by atoms with Gasteiger partial charge in [0.1, 0.15) is 5.60 Å². The van der Waals surface area contributed by atoms with Gasteiger partial charge in [-0.1, -0.05) is 19.1 Å². The van der Waals surface area contributed by atoms with E-state index >= 15 is 0 Å². The first kappa shape index (κ1) is 20.4. The predicted molar refractivity (Wildman–Crippen MR) is 104 cm³/mol. The molecule has 1 atom stereocenters. The Kier molecular flexibility index (Phi) is 6.45. The zero-order valence-corrected chi connectivity index (χ0v) is 16.9. The van der Waals surface area contributed by atoms with Gasteiger partial charge in [-0.25, -0.2) is 0 Å². The number of ether oxygens (including phenoxy) is 1. The zero-order chi connectivity index (χ0) is 19.5. The fourth-order valence-electron chi connectivity index (χ4n) is 3.06. The van der Waals surface area contributed by atoms with Crippen molar-refractivity contribution in [1.82, 2.24) is 4.90 Å². The molecule has 0 saturated carbocycles. The molecule has 0 unspecified atom stereocenters. The summed E-state index contributed by atoms with van der Waals surface area (Å²) in [6, 6.07) is 8.33. The van der Waals surface area contributed by atoms with Gasteiger partial charge >= 0.3 is 5.97 Å². The van der Waals surface area contributed by atoms with Crippen LogP contribution in [-0.2, 0) is 20.7 Å². The van der Waals surface area contributed by atoms with Crippen LogP contribution in [0.5, 0.6) is 0 Å². The van der Waals surface area contributed by atoms with Crippen LogP contribution < -0.4 is 4.90 Å². The number of rotatable bonds is 5. The summed E-state index contributed by atoms with van der Waals surface area (Å²) in [4.78, 5) is 28.6. The van der Waals surface area contributed by atoms with Crippen molar-refractivity contribution < 1.29 is 14.3 Å². The Morgan fingerprint density at radius 3 is 2.23 bits per heavy atom. The Bertz CT molecular complexity index is 632. The summed E-state index contributed by atoms with van der Waals surface area (Å²) >= 11 is 0. The van der Waals surface area contributed by atoms with Crippen LogP contribution in [0.15, 0.2) is 24.3 Å². The molecular weight excluding hydrogens is 328 g/mol. The van der Waals surface area contributed by atoms with Crippen LogP contribution in [-0.4, -0.2) is 48.1 Å². The first-order valence-corrected chi connectivity index (χ1v) is 9.43. The van der Waals surface area contributed by atoms with Crippen molar-refractivity contribution in [3.63, 3.8) is 0 Å². The first-order valence-electron chi connectivity index (χ1n) is 9.43. The van der Waals surface area contributed by atoms with E-state index in [0.29, 0.717) is 25.6 Å². The molecule has 0 aliphatic carbocycles. The molecule has 1 saturated heterocycles. The van der Waals surface area contributed by atoms with Crippen LogP contribution in [0.2, 0.25) is 0 Å². The second kappa shape index (κ2) is 8.21. The summed E-state index contributed by atoms with van der Waals surface area (Å²) in [5.74, 6) is -0.238. The van der Waals surface area contributed by atoms with Crippen molar-refractivity contribution >= 4 is 17.6 Å². The molecule has 1 amide bonds. The van der Waals surface area contributed by atoms with E-state index in [9.17, 15) is 9.59 Å². The van der Waals surface area contributed by atoms with Crippen LogP contribution in [0.3, 0.4) is 0 Å². The average molecular weight is 360 g/mol. The van der Waals surface area contributed by atoms with Crippen molar-refractivity contribution in [3.8, 4) is 0 Å². The third kappa shape index (κ3) is 5.56. The van der Waals surface area contributed by atoms with Crippen molar-refractivity contribution in [2.45, 2.75) is 59.6 Å². The average Bonchev–Trinajstić information content (AvgIpc) is 2.54. The molecule has 5 nitrogen and oxygen atoms in total. The zero-order valence-electron chi connectivity index (χ0n) is 16.9. The lowest BCUT2D eigenvalue weighted by Gasteiger charge is -2.36. The molecule has 0 aromatic heterocycles. The molecule has 26 heavy (non-hydrogen) atoms. The van der Waals surface area contributed by atoms with Crippen molar-refractivity contribution in [2.24, 2.45) is 5.92 Å². The van der Waals surface area contributed by atoms with Gasteiger partial charge in [0.25, 0.3) is 0 Å². The topological polar surface area (TPSA) is 49.9 Å². The van der Waals surface area contributed by atoms with Gasteiger partial charge in [0, 0.05) is 24.8 Å². The molecule has 1 heterocycles. The highest BCUT2D eigenvalue weighted by atomic mass is 16.6. The Labute approximate surface area is 157 Å². The largest absolute Gasteiger partial charge is 0.460 e. The Morgan fingerprint density at radius 2 is 1.73 bits per heavy atom. The minimum absolute atomic E-state index is 0.139. The smallest absolute Gasteiger partial charge is 0.309 e. The monoisotopic (exact) mass is 360 g/mol. The molecule has 0 bridgehead atoms. The highest BCUT2D eigenvalue weighted by molar-refractivity contribution is 5.95. The molecular formula is C21H32N2O3. The Morgan fingerprint density at radius 1 is 1.12 bits per heavy atom. The summed E-state index contributed by atoms with van der Waals surface area (Å²) in [7, 11) is 0. The fraction of sp³-hybridized carbons (Fsp3) is 0.619. The minimum Gasteiger partial charge on any atom is -0.460 e. The maximum absolute atomic E-state index is 12.4. The Hall–Kier alpha value is -1.88. The molecule has 144 valence electrons. The van der Waals surface area contributed by atoms with Gasteiger partial charge in [0.15, 0.2) is 0 Å². The highest BCUT2D eigenvalue weighted by Crippen LogP contribution is 2.21. The van der Waals surface area contributed by atoms with Gasteiger partial charge in [0.2, 0.25) is 5.91 Å². The van der Waals surface area contributed by atoms with Gasteiger partial charge < -0.3 is 9.64 Å². The van der Waals surface area contributed by atoms with E-state index in [1.807, 2.05) is 56.9 Å². The van der Waals surface area contributed by atoms with E-state index in [1.54, 1.807) is 0 Å². The standard InChI is InChI=1S/C21H32N2O3/c1-15(2)22-11-12-23(19(24)14-22)18-9-7-17(8-10-18)13-16(3)20(25)26-21(4,5)6/h7-10,15-16H,11-14H2,1-6H3/t16-/m0/s1. The normalized spacial score (nSPS) is 17.5. The number of esters is 1. The van der Waals surface area contributed by atoms with E-state index < -0.39 is 5.60 Å². The summed E-state index contributed by atoms with van der Waals surface area (Å²) in [5, 5.41) is 0. The summed E-state index contributed by atoms with van der Waals surface area (Å²) in [6.07, 6.45) is 0.629. The van der Waals surface area contributed by atoms with E-state index in [4.69, 9.17) is 4.74 Å². The van der Waals surface area contributed by atoms with Crippen molar-refractivity contribution in [3.05, 3.63) is 29.8 Å². The van der Waals surface area contributed by atoms with Crippen molar-refractivity contribution in [2.75, 3.05) is 24.5 Å².